The zero-order valence-electron chi connectivity index (χ0n) is 8.13. The van der Waals surface area contributed by atoms with E-state index in [-0.39, 0.29) is 10.6 Å². The Hall–Kier alpha value is -1.40. The molecular weight excluding hydrogens is 217 g/mol. The maximum Gasteiger partial charge on any atom is 0.184 e. The first-order valence-corrected chi connectivity index (χ1v) is 4.87. The molecule has 0 aliphatic carbocycles. The van der Waals surface area contributed by atoms with E-state index in [0.29, 0.717) is 6.42 Å². The summed E-state index contributed by atoms with van der Waals surface area (Å²) in [5, 5.41) is 8.75. The topological polar surface area (TPSA) is 40.9 Å². The number of hydrogen-bond acceptors (Lipinski definition) is 2. The largest absolute Gasteiger partial charge is 0.293 e. The number of rotatable bonds is 3. The number of nitrogens with zero attached hydrogens (tertiary/aromatic N) is 1. The molecule has 0 fully saturated rings. The molecule has 0 spiro atoms. The maximum absolute atomic E-state index is 13.3. The van der Waals surface area contributed by atoms with Gasteiger partial charge in [0.15, 0.2) is 5.78 Å². The highest BCUT2D eigenvalue weighted by atomic mass is 35.5. The van der Waals surface area contributed by atoms with Crippen LogP contribution in [-0.2, 0) is 0 Å². The molecule has 1 aromatic carbocycles. The van der Waals surface area contributed by atoms with Gasteiger partial charge in [0.25, 0.3) is 0 Å². The van der Waals surface area contributed by atoms with Gasteiger partial charge in [-0.3, -0.25) is 4.79 Å². The van der Waals surface area contributed by atoms with Crippen molar-refractivity contribution in [1.29, 1.82) is 5.26 Å². The summed E-state index contributed by atoms with van der Waals surface area (Å²) in [7, 11) is 0. The molecule has 1 unspecified atom stereocenters. The highest BCUT2D eigenvalue weighted by molar-refractivity contribution is 6.34. The average molecular weight is 226 g/mol. The Kier molecular flexibility index (Phi) is 3.81. The normalized spacial score (nSPS) is 11.9. The molecule has 0 heterocycles. The van der Waals surface area contributed by atoms with E-state index in [1.807, 2.05) is 6.07 Å². The Morgan fingerprint density at radius 2 is 2.33 bits per heavy atom. The van der Waals surface area contributed by atoms with Crippen molar-refractivity contribution in [3.63, 3.8) is 0 Å². The van der Waals surface area contributed by atoms with Crippen LogP contribution in [0, 0.1) is 23.1 Å². The number of nitriles is 1. The number of carbonyl (C=O) groups is 1. The standard InChI is InChI=1S/C11H9ClFNO/c1-2-7(6-14)11(15)10-8(12)4-3-5-9(10)13/h3-5,7H,2H2,1H3. The van der Waals surface area contributed by atoms with Crippen LogP contribution >= 0.6 is 11.6 Å². The van der Waals surface area contributed by atoms with E-state index in [2.05, 4.69) is 0 Å². The van der Waals surface area contributed by atoms with Crippen molar-refractivity contribution in [2.24, 2.45) is 5.92 Å². The van der Waals surface area contributed by atoms with E-state index in [1.54, 1.807) is 6.92 Å². The Morgan fingerprint density at radius 3 is 2.80 bits per heavy atom. The van der Waals surface area contributed by atoms with E-state index in [4.69, 9.17) is 16.9 Å². The second-order valence-corrected chi connectivity index (χ2v) is 3.46. The Morgan fingerprint density at radius 1 is 1.67 bits per heavy atom. The van der Waals surface area contributed by atoms with Gasteiger partial charge in [0.2, 0.25) is 0 Å². The fourth-order valence-electron chi connectivity index (χ4n) is 1.24. The van der Waals surface area contributed by atoms with Crippen LogP contribution in [0.2, 0.25) is 5.02 Å². The second kappa shape index (κ2) is 4.90. The lowest BCUT2D eigenvalue weighted by atomic mass is 9.96. The van der Waals surface area contributed by atoms with Gasteiger partial charge in [0.05, 0.1) is 16.7 Å². The monoisotopic (exact) mass is 225 g/mol. The highest BCUT2D eigenvalue weighted by Gasteiger charge is 2.23. The minimum atomic E-state index is -0.834. The smallest absolute Gasteiger partial charge is 0.184 e. The average Bonchev–Trinajstić information content (AvgIpc) is 2.19. The number of Topliss-reactive ketones (excluding diaryl/α,β-unsaturated/α-hetero) is 1. The highest BCUT2D eigenvalue weighted by Crippen LogP contribution is 2.23. The van der Waals surface area contributed by atoms with Gasteiger partial charge in [-0.05, 0) is 18.6 Å². The quantitative estimate of drug-likeness (QED) is 0.741. The van der Waals surface area contributed by atoms with Gasteiger partial charge in [0, 0.05) is 0 Å². The Balaban J connectivity index is 3.17. The summed E-state index contributed by atoms with van der Waals surface area (Å²) in [6.45, 7) is 1.69. The van der Waals surface area contributed by atoms with Gasteiger partial charge in [-0.2, -0.15) is 5.26 Å². The summed E-state index contributed by atoms with van der Waals surface area (Å²) in [6.07, 6.45) is 0.347. The van der Waals surface area contributed by atoms with Crippen LogP contribution < -0.4 is 0 Å². The third-order valence-corrected chi connectivity index (χ3v) is 2.40. The lowest BCUT2D eigenvalue weighted by molar-refractivity contribution is 0.0943. The number of benzene rings is 1. The van der Waals surface area contributed by atoms with Crippen molar-refractivity contribution < 1.29 is 9.18 Å². The van der Waals surface area contributed by atoms with Crippen LogP contribution in [0.3, 0.4) is 0 Å². The summed E-state index contributed by atoms with van der Waals surface area (Å²) >= 11 is 5.71. The van der Waals surface area contributed by atoms with Crippen molar-refractivity contribution in [2.75, 3.05) is 0 Å². The zero-order valence-corrected chi connectivity index (χ0v) is 8.88. The molecular formula is C11H9ClFNO. The van der Waals surface area contributed by atoms with Crippen molar-refractivity contribution in [1.82, 2.24) is 0 Å². The van der Waals surface area contributed by atoms with E-state index in [0.717, 1.165) is 6.07 Å². The third-order valence-electron chi connectivity index (χ3n) is 2.09. The van der Waals surface area contributed by atoms with Crippen molar-refractivity contribution >= 4 is 17.4 Å². The molecule has 1 rings (SSSR count). The molecule has 0 saturated heterocycles. The predicted molar refractivity (Wildman–Crippen MR) is 55.1 cm³/mol. The molecule has 4 heteroatoms. The van der Waals surface area contributed by atoms with Crippen molar-refractivity contribution in [2.45, 2.75) is 13.3 Å². The molecule has 0 aromatic heterocycles. The molecule has 0 aliphatic heterocycles. The minimum absolute atomic E-state index is 0.0497. The number of carbonyl (C=O) groups excluding carboxylic acids is 1. The van der Waals surface area contributed by atoms with Crippen LogP contribution in [0.15, 0.2) is 18.2 Å². The van der Waals surface area contributed by atoms with Crippen molar-refractivity contribution in [3.05, 3.63) is 34.6 Å². The number of ketones is 1. The van der Waals surface area contributed by atoms with Crippen LogP contribution in [0.4, 0.5) is 4.39 Å². The Bertz CT molecular complexity index is 405. The molecule has 0 saturated carbocycles. The molecule has 0 bridgehead atoms. The molecule has 0 N–H and O–H groups in total. The fourth-order valence-corrected chi connectivity index (χ4v) is 1.50. The van der Waals surface area contributed by atoms with Gasteiger partial charge in [0.1, 0.15) is 11.7 Å². The first-order chi connectivity index (χ1) is 7.11. The van der Waals surface area contributed by atoms with Gasteiger partial charge in [-0.1, -0.05) is 24.6 Å². The first-order valence-electron chi connectivity index (χ1n) is 4.49. The van der Waals surface area contributed by atoms with Gasteiger partial charge >= 0.3 is 0 Å². The van der Waals surface area contributed by atoms with Gasteiger partial charge < -0.3 is 0 Å². The maximum atomic E-state index is 13.3. The van der Waals surface area contributed by atoms with Crippen molar-refractivity contribution in [3.8, 4) is 6.07 Å². The summed E-state index contributed by atoms with van der Waals surface area (Å²) in [5.74, 6) is -2.07. The van der Waals surface area contributed by atoms with Crippen LogP contribution in [0.5, 0.6) is 0 Å². The predicted octanol–water partition coefficient (Wildman–Crippen LogP) is 3.21. The molecule has 15 heavy (non-hydrogen) atoms. The van der Waals surface area contributed by atoms with Crippen LogP contribution in [-0.4, -0.2) is 5.78 Å². The molecule has 0 aliphatic rings. The lowest BCUT2D eigenvalue weighted by Gasteiger charge is -2.07. The molecule has 78 valence electrons. The lowest BCUT2D eigenvalue weighted by Crippen LogP contribution is -2.14. The second-order valence-electron chi connectivity index (χ2n) is 3.05. The molecule has 0 radical (unpaired) electrons. The first kappa shape index (κ1) is 11.7. The molecule has 1 aromatic rings. The molecule has 2 nitrogen and oxygen atoms in total. The van der Waals surface area contributed by atoms with E-state index >= 15 is 0 Å². The summed E-state index contributed by atoms with van der Waals surface area (Å²) in [5.41, 5.74) is -0.187. The fraction of sp³-hybridized carbons (Fsp3) is 0.273. The summed E-state index contributed by atoms with van der Waals surface area (Å²) < 4.78 is 13.3. The molecule has 0 amide bonds. The number of hydrogen-bond donors (Lipinski definition) is 0. The third kappa shape index (κ3) is 2.34. The van der Waals surface area contributed by atoms with E-state index < -0.39 is 17.5 Å². The number of halogens is 2. The van der Waals surface area contributed by atoms with Crippen LogP contribution in [0.1, 0.15) is 23.7 Å². The van der Waals surface area contributed by atoms with E-state index in [1.165, 1.54) is 12.1 Å². The van der Waals surface area contributed by atoms with E-state index in [9.17, 15) is 9.18 Å². The molecule has 1 atom stereocenters. The SMILES string of the molecule is CCC(C#N)C(=O)c1c(F)cccc1Cl. The Labute approximate surface area is 92.3 Å². The van der Waals surface area contributed by atoms with Crippen LogP contribution in [0.25, 0.3) is 0 Å². The van der Waals surface area contributed by atoms with Gasteiger partial charge in [-0.15, -0.1) is 0 Å². The van der Waals surface area contributed by atoms with Gasteiger partial charge in [-0.25, -0.2) is 4.39 Å². The summed E-state index contributed by atoms with van der Waals surface area (Å²) in [4.78, 5) is 11.7. The minimum Gasteiger partial charge on any atom is -0.293 e. The summed E-state index contributed by atoms with van der Waals surface area (Å²) in [6, 6.07) is 5.84. The zero-order chi connectivity index (χ0) is 11.4.